The Balaban J connectivity index is 1.11. The third-order valence-corrected chi connectivity index (χ3v) is 10.8. The van der Waals surface area contributed by atoms with Crippen molar-refractivity contribution in [2.75, 3.05) is 4.90 Å². The van der Waals surface area contributed by atoms with Gasteiger partial charge in [-0.3, -0.25) is 0 Å². The van der Waals surface area contributed by atoms with Crippen molar-refractivity contribution in [2.24, 2.45) is 0 Å². The lowest BCUT2D eigenvalue weighted by Gasteiger charge is -2.27. The lowest BCUT2D eigenvalue weighted by atomic mass is 9.99. The molecule has 0 saturated heterocycles. The molecule has 0 saturated carbocycles. The first kappa shape index (κ1) is 27.9. The van der Waals surface area contributed by atoms with E-state index in [2.05, 4.69) is 181 Å². The maximum atomic E-state index is 6.29. The van der Waals surface area contributed by atoms with Crippen LogP contribution < -0.4 is 4.90 Å². The highest BCUT2D eigenvalue weighted by atomic mass is 32.1. The molecule has 10 rings (SSSR count). The Morgan fingerprint density at radius 1 is 0.388 bits per heavy atom. The third kappa shape index (κ3) is 4.62. The average molecular weight is 644 g/mol. The smallest absolute Gasteiger partial charge is 0.136 e. The summed E-state index contributed by atoms with van der Waals surface area (Å²) in [5, 5.41) is 7.32. The summed E-state index contributed by atoms with van der Waals surface area (Å²) in [6.07, 6.45) is 0. The summed E-state index contributed by atoms with van der Waals surface area (Å²) in [6.45, 7) is 0. The van der Waals surface area contributed by atoms with Gasteiger partial charge in [0.2, 0.25) is 0 Å². The van der Waals surface area contributed by atoms with Crippen molar-refractivity contribution in [3.05, 3.63) is 176 Å². The Morgan fingerprint density at radius 2 is 1.00 bits per heavy atom. The summed E-state index contributed by atoms with van der Waals surface area (Å²) >= 11 is 1.85. The monoisotopic (exact) mass is 643 g/mol. The Morgan fingerprint density at radius 3 is 1.80 bits per heavy atom. The van der Waals surface area contributed by atoms with Gasteiger partial charge in [0.05, 0.1) is 5.69 Å². The second-order valence-corrected chi connectivity index (χ2v) is 13.6. The summed E-state index contributed by atoms with van der Waals surface area (Å²) in [4.78, 5) is 2.40. The van der Waals surface area contributed by atoms with E-state index in [9.17, 15) is 0 Å². The van der Waals surface area contributed by atoms with Gasteiger partial charge in [0.15, 0.2) is 0 Å². The van der Waals surface area contributed by atoms with E-state index in [1.165, 1.54) is 64.3 Å². The van der Waals surface area contributed by atoms with Gasteiger partial charge in [0, 0.05) is 42.3 Å². The molecule has 49 heavy (non-hydrogen) atoms. The zero-order chi connectivity index (χ0) is 32.3. The zero-order valence-electron chi connectivity index (χ0n) is 26.5. The molecule has 0 aliphatic carbocycles. The quantitative estimate of drug-likeness (QED) is 0.186. The molecular formula is C46H29NOS. The number of furan rings is 1. The molecule has 8 aromatic carbocycles. The van der Waals surface area contributed by atoms with Crippen LogP contribution in [-0.2, 0) is 0 Å². The maximum Gasteiger partial charge on any atom is 0.136 e. The van der Waals surface area contributed by atoms with E-state index in [-0.39, 0.29) is 0 Å². The SMILES string of the molecule is c1ccc(-c2ccc(N(c3ccc(-c4ccc5oc6ccc7ccccc7c6c5c4)cc3)c3cccc4sc5ccccc5c34)cc2)cc1. The molecule has 0 N–H and O–H groups in total. The van der Waals surface area contributed by atoms with E-state index in [1.807, 2.05) is 11.3 Å². The minimum absolute atomic E-state index is 0.910. The van der Waals surface area contributed by atoms with Crippen LogP contribution in [0.1, 0.15) is 0 Å². The summed E-state index contributed by atoms with van der Waals surface area (Å²) in [7, 11) is 0. The molecule has 0 amide bonds. The van der Waals surface area contributed by atoms with Gasteiger partial charge in [-0.25, -0.2) is 0 Å². The Kier molecular flexibility index (Phi) is 6.39. The van der Waals surface area contributed by atoms with Crippen molar-refractivity contribution in [3.63, 3.8) is 0 Å². The molecule has 3 heteroatoms. The molecule has 0 bridgehead atoms. The number of benzene rings is 8. The van der Waals surface area contributed by atoms with E-state index in [1.54, 1.807) is 0 Å². The van der Waals surface area contributed by atoms with E-state index >= 15 is 0 Å². The highest BCUT2D eigenvalue weighted by molar-refractivity contribution is 7.26. The third-order valence-electron chi connectivity index (χ3n) is 9.67. The normalized spacial score (nSPS) is 11.7. The molecule has 230 valence electrons. The van der Waals surface area contributed by atoms with Crippen LogP contribution in [0.25, 0.3) is 75.1 Å². The molecule has 0 spiro atoms. The van der Waals surface area contributed by atoms with Gasteiger partial charge in [-0.15, -0.1) is 11.3 Å². The topological polar surface area (TPSA) is 16.4 Å². The number of nitrogens with zero attached hydrogens (tertiary/aromatic N) is 1. The number of fused-ring (bicyclic) bond motifs is 8. The summed E-state index contributed by atoms with van der Waals surface area (Å²) in [5.74, 6) is 0. The standard InChI is InChI=1S/C46H29NOS/c1-2-9-30(10-3-1)31-17-23-35(24-18-31)47(40-14-8-16-44-46(40)38-13-6-7-15-43(38)49-44)36-25-19-32(20-26-36)34-22-27-41-39(29-34)45-37-12-5-4-11-33(37)21-28-42(45)48-41/h1-29H. The molecule has 2 heterocycles. The fraction of sp³-hybridized carbons (Fsp3) is 0. The molecule has 0 aliphatic rings. The maximum absolute atomic E-state index is 6.29. The van der Waals surface area contributed by atoms with Crippen LogP contribution in [-0.4, -0.2) is 0 Å². The Bertz CT molecular complexity index is 2810. The van der Waals surface area contributed by atoms with Crippen molar-refractivity contribution in [1.82, 2.24) is 0 Å². The van der Waals surface area contributed by atoms with Gasteiger partial charge in [-0.1, -0.05) is 115 Å². The first-order valence-electron chi connectivity index (χ1n) is 16.6. The molecule has 0 radical (unpaired) electrons. The van der Waals surface area contributed by atoms with Gasteiger partial charge in [0.25, 0.3) is 0 Å². The number of thiophene rings is 1. The lowest BCUT2D eigenvalue weighted by molar-refractivity contribution is 0.669. The van der Waals surface area contributed by atoms with Crippen molar-refractivity contribution in [2.45, 2.75) is 0 Å². The van der Waals surface area contributed by atoms with Crippen LogP contribution in [0.4, 0.5) is 17.1 Å². The Hall–Kier alpha value is -6.16. The Labute approximate surface area is 287 Å². The molecule has 2 aromatic heterocycles. The highest BCUT2D eigenvalue weighted by Gasteiger charge is 2.19. The number of anilines is 3. The van der Waals surface area contributed by atoms with Gasteiger partial charge in [-0.2, -0.15) is 0 Å². The van der Waals surface area contributed by atoms with Crippen molar-refractivity contribution < 1.29 is 4.42 Å². The van der Waals surface area contributed by atoms with Crippen LogP contribution in [0.2, 0.25) is 0 Å². The van der Waals surface area contributed by atoms with Gasteiger partial charge >= 0.3 is 0 Å². The summed E-state index contributed by atoms with van der Waals surface area (Å²) in [5.41, 5.74) is 9.98. The van der Waals surface area contributed by atoms with Crippen LogP contribution in [0, 0.1) is 0 Å². The summed E-state index contributed by atoms with van der Waals surface area (Å²) < 4.78 is 8.88. The number of rotatable bonds is 5. The average Bonchev–Trinajstić information content (AvgIpc) is 3.75. The molecule has 0 aliphatic heterocycles. The van der Waals surface area contributed by atoms with E-state index in [4.69, 9.17) is 4.42 Å². The van der Waals surface area contributed by atoms with Crippen LogP contribution in [0.3, 0.4) is 0 Å². The molecule has 0 atom stereocenters. The van der Waals surface area contributed by atoms with E-state index in [0.717, 1.165) is 27.9 Å². The van der Waals surface area contributed by atoms with Gasteiger partial charge in [0.1, 0.15) is 11.2 Å². The second kappa shape index (κ2) is 11.2. The van der Waals surface area contributed by atoms with E-state index in [0.29, 0.717) is 0 Å². The molecule has 10 aromatic rings. The van der Waals surface area contributed by atoms with Gasteiger partial charge < -0.3 is 9.32 Å². The largest absolute Gasteiger partial charge is 0.456 e. The zero-order valence-corrected chi connectivity index (χ0v) is 27.3. The van der Waals surface area contributed by atoms with Gasteiger partial charge in [-0.05, 0) is 93.7 Å². The predicted octanol–water partition coefficient (Wildman–Crippen LogP) is 13.9. The highest BCUT2D eigenvalue weighted by Crippen LogP contribution is 2.45. The predicted molar refractivity (Wildman–Crippen MR) is 210 cm³/mol. The number of hydrogen-bond acceptors (Lipinski definition) is 3. The molecular weight excluding hydrogens is 615 g/mol. The van der Waals surface area contributed by atoms with Crippen molar-refractivity contribution >= 4 is 81.3 Å². The molecule has 0 fully saturated rings. The minimum Gasteiger partial charge on any atom is -0.456 e. The van der Waals surface area contributed by atoms with Crippen molar-refractivity contribution in [1.29, 1.82) is 0 Å². The molecule has 2 nitrogen and oxygen atoms in total. The number of hydrogen-bond donors (Lipinski definition) is 0. The van der Waals surface area contributed by atoms with Crippen LogP contribution in [0.5, 0.6) is 0 Å². The van der Waals surface area contributed by atoms with Crippen molar-refractivity contribution in [3.8, 4) is 22.3 Å². The fourth-order valence-electron chi connectivity index (χ4n) is 7.33. The van der Waals surface area contributed by atoms with Crippen LogP contribution in [0.15, 0.2) is 180 Å². The van der Waals surface area contributed by atoms with Crippen LogP contribution >= 0.6 is 11.3 Å². The van der Waals surface area contributed by atoms with E-state index < -0.39 is 0 Å². The molecule has 0 unspecified atom stereocenters. The first-order chi connectivity index (χ1) is 24.3. The first-order valence-corrected chi connectivity index (χ1v) is 17.4. The lowest BCUT2D eigenvalue weighted by Crippen LogP contribution is -2.10. The fourth-order valence-corrected chi connectivity index (χ4v) is 8.46. The minimum atomic E-state index is 0.910. The summed E-state index contributed by atoms with van der Waals surface area (Å²) in [6, 6.07) is 63.2. The second-order valence-electron chi connectivity index (χ2n) is 12.5.